The van der Waals surface area contributed by atoms with Gasteiger partial charge in [0.2, 0.25) is 0 Å². The summed E-state index contributed by atoms with van der Waals surface area (Å²) in [5, 5.41) is 22.7. The van der Waals surface area contributed by atoms with Gasteiger partial charge in [-0.2, -0.15) is 0 Å². The van der Waals surface area contributed by atoms with Crippen molar-refractivity contribution in [2.24, 2.45) is 0 Å². The first-order valence-electron chi connectivity index (χ1n) is 5.42. The molecule has 0 unspecified atom stereocenters. The van der Waals surface area contributed by atoms with E-state index in [0.717, 1.165) is 5.69 Å². The number of nitro benzene ring substituents is 1. The predicted molar refractivity (Wildman–Crippen MR) is 69.8 cm³/mol. The van der Waals surface area contributed by atoms with E-state index in [1.807, 2.05) is 18.2 Å². The molecule has 2 rings (SSSR count). The van der Waals surface area contributed by atoms with Gasteiger partial charge in [-0.05, 0) is 24.3 Å². The lowest BCUT2D eigenvalue weighted by Crippen LogP contribution is -2.03. The average Bonchev–Trinajstić information content (AvgIpc) is 2.39. The molecule has 0 aliphatic carbocycles. The molecule has 0 atom stereocenters. The highest BCUT2D eigenvalue weighted by Gasteiger charge is 2.19. The van der Waals surface area contributed by atoms with Gasteiger partial charge < -0.3 is 10.4 Å². The zero-order valence-electron chi connectivity index (χ0n) is 9.74. The summed E-state index contributed by atoms with van der Waals surface area (Å²) >= 11 is 0. The number of nitrogens with zero attached hydrogens (tertiary/aromatic N) is 1. The Kier molecular flexibility index (Phi) is 3.42. The molecule has 0 radical (unpaired) electrons. The number of aromatic carboxylic acids is 1. The molecule has 6 nitrogen and oxygen atoms in total. The van der Waals surface area contributed by atoms with E-state index in [9.17, 15) is 14.9 Å². The van der Waals surface area contributed by atoms with Crippen LogP contribution in [-0.4, -0.2) is 16.0 Å². The molecule has 0 amide bonds. The number of rotatable bonds is 4. The molecule has 0 saturated heterocycles. The van der Waals surface area contributed by atoms with E-state index in [1.165, 1.54) is 18.2 Å². The molecule has 2 aromatic carbocycles. The summed E-state index contributed by atoms with van der Waals surface area (Å²) in [5.74, 6) is -1.32. The SMILES string of the molecule is O=C(O)c1ccc(Nc2ccccc2)cc1[N+](=O)[O-]. The summed E-state index contributed by atoms with van der Waals surface area (Å²) in [4.78, 5) is 21.0. The second-order valence-corrected chi connectivity index (χ2v) is 3.79. The molecule has 96 valence electrons. The Morgan fingerprint density at radius 1 is 1.11 bits per heavy atom. The smallest absolute Gasteiger partial charge is 0.342 e. The van der Waals surface area contributed by atoms with Crippen LogP contribution in [0.2, 0.25) is 0 Å². The van der Waals surface area contributed by atoms with Crippen molar-refractivity contribution < 1.29 is 14.8 Å². The van der Waals surface area contributed by atoms with Crippen molar-refractivity contribution in [1.29, 1.82) is 0 Å². The molecule has 19 heavy (non-hydrogen) atoms. The Bertz CT molecular complexity index is 626. The summed E-state index contributed by atoms with van der Waals surface area (Å²) in [7, 11) is 0. The standard InChI is InChI=1S/C13H10N2O4/c16-13(17)11-7-6-10(8-12(11)15(18)19)14-9-4-2-1-3-5-9/h1-8,14H,(H,16,17). The third-order valence-electron chi connectivity index (χ3n) is 2.49. The summed E-state index contributed by atoms with van der Waals surface area (Å²) in [6.45, 7) is 0. The highest BCUT2D eigenvalue weighted by molar-refractivity contribution is 5.93. The van der Waals surface area contributed by atoms with Crippen LogP contribution in [-0.2, 0) is 0 Å². The molecule has 2 N–H and O–H groups in total. The van der Waals surface area contributed by atoms with Crippen molar-refractivity contribution in [2.75, 3.05) is 5.32 Å². The third kappa shape index (κ3) is 2.86. The molecule has 6 heteroatoms. The fourth-order valence-corrected chi connectivity index (χ4v) is 1.63. The van der Waals surface area contributed by atoms with Crippen LogP contribution in [0.3, 0.4) is 0 Å². The lowest BCUT2D eigenvalue weighted by atomic mass is 10.1. The number of carboxylic acid groups (broad SMARTS) is 1. The number of anilines is 2. The Labute approximate surface area is 108 Å². The van der Waals surface area contributed by atoms with Crippen molar-refractivity contribution >= 4 is 23.0 Å². The molecule has 0 aliphatic rings. The van der Waals surface area contributed by atoms with Gasteiger partial charge in [0.15, 0.2) is 0 Å². The largest absolute Gasteiger partial charge is 0.477 e. The highest BCUT2D eigenvalue weighted by atomic mass is 16.6. The number of nitrogens with one attached hydrogen (secondary N) is 1. The van der Waals surface area contributed by atoms with Crippen molar-refractivity contribution in [1.82, 2.24) is 0 Å². The zero-order chi connectivity index (χ0) is 13.8. The van der Waals surface area contributed by atoms with Crippen LogP contribution in [0.15, 0.2) is 48.5 Å². The van der Waals surface area contributed by atoms with Gasteiger partial charge in [0.25, 0.3) is 5.69 Å². The Hall–Kier alpha value is -2.89. The van der Waals surface area contributed by atoms with Crippen LogP contribution < -0.4 is 5.32 Å². The van der Waals surface area contributed by atoms with E-state index >= 15 is 0 Å². The van der Waals surface area contributed by atoms with Crippen LogP contribution in [0.25, 0.3) is 0 Å². The monoisotopic (exact) mass is 258 g/mol. The van der Waals surface area contributed by atoms with Crippen LogP contribution in [0.4, 0.5) is 17.1 Å². The average molecular weight is 258 g/mol. The first-order valence-corrected chi connectivity index (χ1v) is 5.42. The molecular weight excluding hydrogens is 248 g/mol. The number of carboxylic acids is 1. The molecule has 0 saturated carbocycles. The van der Waals surface area contributed by atoms with Gasteiger partial charge >= 0.3 is 5.97 Å². The number of para-hydroxylation sites is 1. The number of carbonyl (C=O) groups is 1. The highest BCUT2D eigenvalue weighted by Crippen LogP contribution is 2.25. The Balaban J connectivity index is 2.36. The second-order valence-electron chi connectivity index (χ2n) is 3.79. The minimum absolute atomic E-state index is 0.330. The van der Waals surface area contributed by atoms with Crippen molar-refractivity contribution in [2.45, 2.75) is 0 Å². The predicted octanol–water partition coefficient (Wildman–Crippen LogP) is 3.04. The fourth-order valence-electron chi connectivity index (χ4n) is 1.63. The molecular formula is C13H10N2O4. The van der Waals surface area contributed by atoms with Crippen LogP contribution in [0.1, 0.15) is 10.4 Å². The molecule has 0 heterocycles. The first-order chi connectivity index (χ1) is 9.08. The summed E-state index contributed by atoms with van der Waals surface area (Å²) < 4.78 is 0. The lowest BCUT2D eigenvalue weighted by Gasteiger charge is -2.06. The quantitative estimate of drug-likeness (QED) is 0.649. The minimum atomic E-state index is -1.32. The number of hydrogen-bond acceptors (Lipinski definition) is 4. The first kappa shape index (κ1) is 12.6. The van der Waals surface area contributed by atoms with Crippen molar-refractivity contribution in [3.05, 3.63) is 64.2 Å². The summed E-state index contributed by atoms with van der Waals surface area (Å²) in [6.07, 6.45) is 0. The van der Waals surface area contributed by atoms with Gasteiger partial charge in [0.05, 0.1) is 4.92 Å². The summed E-state index contributed by atoms with van der Waals surface area (Å²) in [6, 6.07) is 13.0. The maximum absolute atomic E-state index is 10.9. The van der Waals surface area contributed by atoms with E-state index in [-0.39, 0.29) is 5.56 Å². The van der Waals surface area contributed by atoms with E-state index in [2.05, 4.69) is 5.32 Å². The van der Waals surface area contributed by atoms with Gasteiger partial charge in [0.1, 0.15) is 5.56 Å². The van der Waals surface area contributed by atoms with Gasteiger partial charge in [-0.1, -0.05) is 18.2 Å². The molecule has 0 bridgehead atoms. The Morgan fingerprint density at radius 2 is 1.79 bits per heavy atom. The molecule has 0 aliphatic heterocycles. The number of hydrogen-bond donors (Lipinski definition) is 2. The van der Waals surface area contributed by atoms with E-state index in [4.69, 9.17) is 5.11 Å². The summed E-state index contributed by atoms with van der Waals surface area (Å²) in [5.41, 5.74) is 0.458. The van der Waals surface area contributed by atoms with E-state index in [1.54, 1.807) is 12.1 Å². The Morgan fingerprint density at radius 3 is 2.37 bits per heavy atom. The maximum Gasteiger partial charge on any atom is 0.342 e. The van der Waals surface area contributed by atoms with Crippen molar-refractivity contribution in [3.63, 3.8) is 0 Å². The molecule has 0 aromatic heterocycles. The van der Waals surface area contributed by atoms with E-state index < -0.39 is 16.6 Å². The second kappa shape index (κ2) is 5.18. The van der Waals surface area contributed by atoms with Crippen LogP contribution in [0.5, 0.6) is 0 Å². The van der Waals surface area contributed by atoms with Gasteiger partial charge in [-0.15, -0.1) is 0 Å². The minimum Gasteiger partial charge on any atom is -0.477 e. The van der Waals surface area contributed by atoms with Crippen molar-refractivity contribution in [3.8, 4) is 0 Å². The third-order valence-corrected chi connectivity index (χ3v) is 2.49. The zero-order valence-corrected chi connectivity index (χ0v) is 9.74. The topological polar surface area (TPSA) is 92.5 Å². The lowest BCUT2D eigenvalue weighted by molar-refractivity contribution is -0.385. The number of benzene rings is 2. The fraction of sp³-hybridized carbons (Fsp3) is 0. The van der Waals surface area contributed by atoms with Gasteiger partial charge in [0, 0.05) is 17.4 Å². The molecule has 0 fully saturated rings. The number of nitro groups is 1. The molecule has 2 aromatic rings. The van der Waals surface area contributed by atoms with Gasteiger partial charge in [-0.25, -0.2) is 4.79 Å². The van der Waals surface area contributed by atoms with Crippen LogP contribution in [0, 0.1) is 10.1 Å². The van der Waals surface area contributed by atoms with Crippen LogP contribution >= 0.6 is 0 Å². The van der Waals surface area contributed by atoms with Gasteiger partial charge in [-0.3, -0.25) is 10.1 Å². The maximum atomic E-state index is 10.9. The molecule has 0 spiro atoms. The normalized spacial score (nSPS) is 9.89. The van der Waals surface area contributed by atoms with E-state index in [0.29, 0.717) is 5.69 Å².